The zero-order valence-corrected chi connectivity index (χ0v) is 13.4. The molecule has 0 aliphatic rings. The molecule has 3 rings (SSSR count). The summed E-state index contributed by atoms with van der Waals surface area (Å²) in [6, 6.07) is 7.63. The van der Waals surface area contributed by atoms with Gasteiger partial charge in [-0.25, -0.2) is 4.98 Å². The van der Waals surface area contributed by atoms with Crippen molar-refractivity contribution in [2.75, 3.05) is 0 Å². The Morgan fingerprint density at radius 1 is 1.04 bits per heavy atom. The van der Waals surface area contributed by atoms with E-state index in [0.29, 0.717) is 16.4 Å². The number of pyridine rings is 1. The lowest BCUT2D eigenvalue weighted by Gasteiger charge is -2.17. The lowest BCUT2D eigenvalue weighted by molar-refractivity contribution is -0.137. The second-order valence-electron chi connectivity index (χ2n) is 4.94. The molecule has 124 valence electrons. The predicted octanol–water partition coefficient (Wildman–Crippen LogP) is 4.71. The molecule has 4 nitrogen and oxygen atoms in total. The summed E-state index contributed by atoms with van der Waals surface area (Å²) in [6.07, 6.45) is -2.46. The fourth-order valence-corrected chi connectivity index (χ4v) is 2.67. The fourth-order valence-electron chi connectivity index (χ4n) is 2.27. The van der Waals surface area contributed by atoms with Gasteiger partial charge in [-0.05, 0) is 23.8 Å². The Morgan fingerprint density at radius 2 is 1.75 bits per heavy atom. The van der Waals surface area contributed by atoms with Gasteiger partial charge in [0.15, 0.2) is 0 Å². The first-order valence-electron chi connectivity index (χ1n) is 6.69. The molecule has 0 saturated heterocycles. The third-order valence-corrected chi connectivity index (χ3v) is 3.94. The highest BCUT2D eigenvalue weighted by molar-refractivity contribution is 6.31. The molecule has 0 saturated carbocycles. The highest BCUT2D eigenvalue weighted by Crippen LogP contribution is 2.36. The van der Waals surface area contributed by atoms with Gasteiger partial charge in [0.2, 0.25) is 0 Å². The van der Waals surface area contributed by atoms with Crippen molar-refractivity contribution in [3.05, 3.63) is 75.5 Å². The maximum absolute atomic E-state index is 12.8. The third kappa shape index (κ3) is 3.37. The first-order chi connectivity index (χ1) is 11.4. The Hall–Kier alpha value is -2.12. The lowest BCUT2D eigenvalue weighted by atomic mass is 9.94. The molecular weight excluding hydrogens is 364 g/mol. The molecule has 0 spiro atoms. The second kappa shape index (κ2) is 6.41. The highest BCUT2D eigenvalue weighted by Gasteiger charge is 2.33. The largest absolute Gasteiger partial charge is 0.417 e. The van der Waals surface area contributed by atoms with Crippen LogP contribution in [0.3, 0.4) is 0 Å². The van der Waals surface area contributed by atoms with E-state index in [-0.39, 0.29) is 10.7 Å². The van der Waals surface area contributed by atoms with Gasteiger partial charge in [-0.2, -0.15) is 18.3 Å². The van der Waals surface area contributed by atoms with Gasteiger partial charge in [0, 0.05) is 11.2 Å². The molecule has 1 atom stereocenters. The summed E-state index contributed by atoms with van der Waals surface area (Å²) in [5.74, 6) is -0.189. The van der Waals surface area contributed by atoms with Gasteiger partial charge in [0.25, 0.3) is 0 Å². The molecule has 0 amide bonds. The van der Waals surface area contributed by atoms with Crippen LogP contribution in [0.5, 0.6) is 0 Å². The molecule has 0 fully saturated rings. The average Bonchev–Trinajstić information content (AvgIpc) is 3.04. The van der Waals surface area contributed by atoms with E-state index >= 15 is 0 Å². The van der Waals surface area contributed by atoms with Crippen LogP contribution in [0.25, 0.3) is 0 Å². The number of alkyl halides is 3. The summed E-state index contributed by atoms with van der Waals surface area (Å²) in [7, 11) is 0. The second-order valence-corrected chi connectivity index (χ2v) is 5.79. The smallest absolute Gasteiger partial charge is 0.262 e. The Balaban J connectivity index is 2.11. The van der Waals surface area contributed by atoms with E-state index in [4.69, 9.17) is 23.2 Å². The molecule has 0 aliphatic heterocycles. The molecule has 3 aromatic rings. The van der Waals surface area contributed by atoms with Crippen molar-refractivity contribution in [1.82, 2.24) is 20.2 Å². The van der Waals surface area contributed by atoms with Crippen LogP contribution in [0.2, 0.25) is 10.0 Å². The molecular formula is C15H9Cl2F3N4. The topological polar surface area (TPSA) is 54.5 Å². The lowest BCUT2D eigenvalue weighted by Crippen LogP contribution is -2.11. The molecule has 0 unspecified atom stereocenters. The number of nitrogens with zero attached hydrogens (tertiary/aromatic N) is 3. The van der Waals surface area contributed by atoms with Crippen molar-refractivity contribution >= 4 is 23.2 Å². The monoisotopic (exact) mass is 372 g/mol. The van der Waals surface area contributed by atoms with Crippen molar-refractivity contribution in [2.24, 2.45) is 0 Å². The van der Waals surface area contributed by atoms with Gasteiger partial charge < -0.3 is 0 Å². The van der Waals surface area contributed by atoms with E-state index in [1.807, 2.05) is 0 Å². The minimum absolute atomic E-state index is 0.110. The fraction of sp³-hybridized carbons (Fsp3) is 0.133. The zero-order valence-electron chi connectivity index (χ0n) is 11.9. The minimum Gasteiger partial charge on any atom is -0.262 e. The standard InChI is InChI=1S/C15H9Cl2F3N4/c16-10-3-1-8(2-4-10)12(14-22-7-23-24-14)13-11(17)5-9(6-21-13)15(18,19)20/h1-7,12H,(H,22,23,24)/t12-/m0/s1. The van der Waals surface area contributed by atoms with Gasteiger partial charge in [0.1, 0.15) is 12.2 Å². The molecule has 0 radical (unpaired) electrons. The summed E-state index contributed by atoms with van der Waals surface area (Å²) in [4.78, 5) is 8.01. The summed E-state index contributed by atoms with van der Waals surface area (Å²) < 4.78 is 38.4. The number of aromatic nitrogens is 4. The van der Waals surface area contributed by atoms with Crippen LogP contribution in [0.1, 0.15) is 28.6 Å². The van der Waals surface area contributed by atoms with Crippen LogP contribution >= 0.6 is 23.2 Å². The predicted molar refractivity (Wildman–Crippen MR) is 83.0 cm³/mol. The number of rotatable bonds is 3. The number of benzene rings is 1. The maximum Gasteiger partial charge on any atom is 0.417 e. The number of hydrogen-bond acceptors (Lipinski definition) is 3. The Bertz CT molecular complexity index is 833. The summed E-state index contributed by atoms with van der Waals surface area (Å²) in [5, 5.41) is 6.91. The van der Waals surface area contributed by atoms with E-state index in [2.05, 4.69) is 20.2 Å². The van der Waals surface area contributed by atoms with Crippen molar-refractivity contribution in [2.45, 2.75) is 12.1 Å². The van der Waals surface area contributed by atoms with Crippen molar-refractivity contribution in [3.8, 4) is 0 Å². The highest BCUT2D eigenvalue weighted by atomic mass is 35.5. The van der Waals surface area contributed by atoms with Crippen molar-refractivity contribution < 1.29 is 13.2 Å². The van der Waals surface area contributed by atoms with Crippen LogP contribution in [-0.2, 0) is 6.18 Å². The number of H-pyrrole nitrogens is 1. The zero-order chi connectivity index (χ0) is 17.3. The van der Waals surface area contributed by atoms with Gasteiger partial charge in [-0.1, -0.05) is 35.3 Å². The SMILES string of the molecule is FC(F)(F)c1cnc([C@H](c2ccc(Cl)cc2)c2ncn[nH]2)c(Cl)c1. The quantitative estimate of drug-likeness (QED) is 0.724. The van der Waals surface area contributed by atoms with Gasteiger partial charge in [0.05, 0.1) is 22.2 Å². The van der Waals surface area contributed by atoms with Gasteiger partial charge in [-0.15, -0.1) is 0 Å². The Morgan fingerprint density at radius 3 is 2.29 bits per heavy atom. The van der Waals surface area contributed by atoms with Gasteiger partial charge >= 0.3 is 6.18 Å². The molecule has 0 aliphatic carbocycles. The van der Waals surface area contributed by atoms with E-state index in [0.717, 1.165) is 12.3 Å². The Labute approximate surface area is 144 Å². The van der Waals surface area contributed by atoms with Crippen LogP contribution in [0, 0.1) is 0 Å². The number of nitrogens with one attached hydrogen (secondary N) is 1. The molecule has 0 bridgehead atoms. The molecule has 1 aromatic carbocycles. The normalized spacial score (nSPS) is 13.0. The third-order valence-electron chi connectivity index (χ3n) is 3.38. The summed E-state index contributed by atoms with van der Waals surface area (Å²) in [6.45, 7) is 0. The molecule has 9 heteroatoms. The number of hydrogen-bond donors (Lipinski definition) is 1. The molecule has 1 N–H and O–H groups in total. The van der Waals surface area contributed by atoms with Crippen LogP contribution < -0.4 is 0 Å². The van der Waals surface area contributed by atoms with Crippen LogP contribution in [0.15, 0.2) is 42.9 Å². The summed E-state index contributed by atoms with van der Waals surface area (Å²) in [5.41, 5.74) is 0.0396. The van der Waals surface area contributed by atoms with E-state index in [9.17, 15) is 13.2 Å². The average molecular weight is 373 g/mol. The maximum atomic E-state index is 12.8. The van der Waals surface area contributed by atoms with Gasteiger partial charge in [-0.3, -0.25) is 10.1 Å². The van der Waals surface area contributed by atoms with Crippen LogP contribution in [0.4, 0.5) is 13.2 Å². The number of aromatic amines is 1. The number of halogens is 5. The van der Waals surface area contributed by atoms with Crippen molar-refractivity contribution in [1.29, 1.82) is 0 Å². The van der Waals surface area contributed by atoms with E-state index < -0.39 is 17.7 Å². The summed E-state index contributed by atoms with van der Waals surface area (Å²) >= 11 is 12.0. The minimum atomic E-state index is -4.52. The first-order valence-corrected chi connectivity index (χ1v) is 7.45. The van der Waals surface area contributed by atoms with E-state index in [1.165, 1.54) is 6.33 Å². The molecule has 24 heavy (non-hydrogen) atoms. The van der Waals surface area contributed by atoms with Crippen molar-refractivity contribution in [3.63, 3.8) is 0 Å². The molecule has 2 heterocycles. The first kappa shape index (κ1) is 16.7. The Kier molecular flexibility index (Phi) is 4.47. The van der Waals surface area contributed by atoms with E-state index in [1.54, 1.807) is 24.3 Å². The van der Waals surface area contributed by atoms with Crippen LogP contribution in [-0.4, -0.2) is 20.2 Å². The molecule has 2 aromatic heterocycles.